The lowest BCUT2D eigenvalue weighted by Gasteiger charge is -2.37. The first-order valence-electron chi connectivity index (χ1n) is 12.3. The standard InChI is InChI=1S/C26H40N2O5/c1-25(2,3)33-23(29)26(15-18-32-24(30)28-26)14-7-16-27-17-19-31-22-12-10-21(11-13-22)20-8-5-4-6-9-20/h4-6,8-9,21-22,27H,7,10-19H2,1-3H3,(H,28,30). The van der Waals surface area contributed by atoms with Gasteiger partial charge in [0.05, 0.1) is 19.3 Å². The third-order valence-corrected chi connectivity index (χ3v) is 6.43. The van der Waals surface area contributed by atoms with E-state index in [1.165, 1.54) is 18.4 Å². The topological polar surface area (TPSA) is 85.9 Å². The number of nitrogens with one attached hydrogen (secondary N) is 2. The van der Waals surface area contributed by atoms with E-state index < -0.39 is 17.2 Å². The fraction of sp³-hybridized carbons (Fsp3) is 0.692. The molecule has 1 amide bonds. The summed E-state index contributed by atoms with van der Waals surface area (Å²) in [5.74, 6) is 0.272. The fourth-order valence-corrected chi connectivity index (χ4v) is 4.66. The molecule has 7 heteroatoms. The Morgan fingerprint density at radius 2 is 1.88 bits per heavy atom. The Morgan fingerprint density at radius 3 is 2.55 bits per heavy atom. The second-order valence-corrected chi connectivity index (χ2v) is 10.2. The van der Waals surface area contributed by atoms with E-state index in [1.54, 1.807) is 0 Å². The van der Waals surface area contributed by atoms with Gasteiger partial charge in [-0.05, 0) is 77.3 Å². The van der Waals surface area contributed by atoms with Gasteiger partial charge in [-0.15, -0.1) is 0 Å². The maximum absolute atomic E-state index is 12.8. The number of carbonyl (C=O) groups is 2. The summed E-state index contributed by atoms with van der Waals surface area (Å²) < 4.78 is 16.6. The van der Waals surface area contributed by atoms with Crippen molar-refractivity contribution in [1.82, 2.24) is 10.6 Å². The number of cyclic esters (lactones) is 1. The number of ether oxygens (including phenoxy) is 3. The van der Waals surface area contributed by atoms with Gasteiger partial charge in [-0.2, -0.15) is 0 Å². The first kappa shape index (κ1) is 25.5. The van der Waals surface area contributed by atoms with E-state index in [2.05, 4.69) is 41.0 Å². The molecule has 0 bridgehead atoms. The van der Waals surface area contributed by atoms with Crippen molar-refractivity contribution in [1.29, 1.82) is 0 Å². The van der Waals surface area contributed by atoms with Crippen LogP contribution >= 0.6 is 0 Å². The molecule has 2 fully saturated rings. The summed E-state index contributed by atoms with van der Waals surface area (Å²) in [5.41, 5.74) is -0.177. The van der Waals surface area contributed by atoms with E-state index in [0.29, 0.717) is 31.5 Å². The van der Waals surface area contributed by atoms with Crippen LogP contribution in [0.4, 0.5) is 4.79 Å². The van der Waals surface area contributed by atoms with E-state index in [0.717, 1.165) is 32.4 Å². The molecule has 1 aliphatic heterocycles. The number of rotatable bonds is 10. The highest BCUT2D eigenvalue weighted by molar-refractivity contribution is 5.86. The first-order valence-corrected chi connectivity index (χ1v) is 12.3. The third kappa shape index (κ3) is 8.00. The van der Waals surface area contributed by atoms with Crippen LogP contribution in [0.15, 0.2) is 30.3 Å². The van der Waals surface area contributed by atoms with Crippen molar-refractivity contribution in [2.45, 2.75) is 88.9 Å². The number of hydrogen-bond acceptors (Lipinski definition) is 6. The number of esters is 1. The summed E-state index contributed by atoms with van der Waals surface area (Å²) in [6.07, 6.45) is 6.04. The minimum Gasteiger partial charge on any atom is -0.458 e. The zero-order valence-electron chi connectivity index (χ0n) is 20.4. The summed E-state index contributed by atoms with van der Waals surface area (Å²) in [7, 11) is 0. The zero-order valence-corrected chi connectivity index (χ0v) is 20.4. The molecule has 0 radical (unpaired) electrons. The number of amides is 1. The van der Waals surface area contributed by atoms with Crippen molar-refractivity contribution in [3.05, 3.63) is 35.9 Å². The summed E-state index contributed by atoms with van der Waals surface area (Å²) >= 11 is 0. The molecule has 1 unspecified atom stereocenters. The minimum absolute atomic E-state index is 0.221. The Balaban J connectivity index is 1.31. The number of alkyl carbamates (subject to hydrolysis) is 1. The van der Waals surface area contributed by atoms with Gasteiger partial charge < -0.3 is 24.8 Å². The lowest BCUT2D eigenvalue weighted by molar-refractivity contribution is -0.165. The van der Waals surface area contributed by atoms with E-state index in [1.807, 2.05) is 20.8 Å². The smallest absolute Gasteiger partial charge is 0.408 e. The summed E-state index contributed by atoms with van der Waals surface area (Å²) in [6.45, 7) is 7.90. The van der Waals surface area contributed by atoms with Gasteiger partial charge in [0.25, 0.3) is 0 Å². The van der Waals surface area contributed by atoms with Gasteiger partial charge in [0.2, 0.25) is 0 Å². The maximum atomic E-state index is 12.8. The van der Waals surface area contributed by atoms with Gasteiger partial charge in [-0.1, -0.05) is 30.3 Å². The van der Waals surface area contributed by atoms with Crippen LogP contribution in [0.5, 0.6) is 0 Å². The average molecular weight is 461 g/mol. The molecule has 2 aliphatic rings. The predicted octanol–water partition coefficient (Wildman–Crippen LogP) is 4.31. The molecule has 7 nitrogen and oxygen atoms in total. The van der Waals surface area contributed by atoms with Crippen LogP contribution in [0.25, 0.3) is 0 Å². The molecular formula is C26H40N2O5. The molecule has 1 aromatic rings. The number of hydrogen-bond donors (Lipinski definition) is 2. The molecule has 184 valence electrons. The van der Waals surface area contributed by atoms with Gasteiger partial charge in [0.15, 0.2) is 0 Å². The Bertz CT molecular complexity index is 756. The molecule has 1 heterocycles. The van der Waals surface area contributed by atoms with Gasteiger partial charge in [0.1, 0.15) is 11.1 Å². The van der Waals surface area contributed by atoms with Crippen LogP contribution < -0.4 is 10.6 Å². The Kier molecular flexibility index (Phi) is 9.15. The monoisotopic (exact) mass is 460 g/mol. The summed E-state index contributed by atoms with van der Waals surface area (Å²) in [6, 6.07) is 10.8. The van der Waals surface area contributed by atoms with Crippen molar-refractivity contribution in [3.63, 3.8) is 0 Å². The molecule has 1 atom stereocenters. The van der Waals surface area contributed by atoms with Crippen molar-refractivity contribution >= 4 is 12.1 Å². The maximum Gasteiger partial charge on any atom is 0.408 e. The lowest BCUT2D eigenvalue weighted by atomic mass is 9.83. The Morgan fingerprint density at radius 1 is 1.15 bits per heavy atom. The van der Waals surface area contributed by atoms with Crippen LogP contribution in [0.1, 0.15) is 77.2 Å². The molecule has 1 saturated heterocycles. The minimum atomic E-state index is -1.02. The van der Waals surface area contributed by atoms with Crippen molar-refractivity contribution in [3.8, 4) is 0 Å². The molecular weight excluding hydrogens is 420 g/mol. The molecule has 1 saturated carbocycles. The molecule has 2 N–H and O–H groups in total. The third-order valence-electron chi connectivity index (χ3n) is 6.43. The normalized spacial score (nSPS) is 25.7. The molecule has 3 rings (SSSR count). The average Bonchev–Trinajstić information content (AvgIpc) is 2.78. The summed E-state index contributed by atoms with van der Waals surface area (Å²) in [5, 5.41) is 6.12. The predicted molar refractivity (Wildman–Crippen MR) is 127 cm³/mol. The van der Waals surface area contributed by atoms with Gasteiger partial charge in [-0.25, -0.2) is 9.59 Å². The Hall–Kier alpha value is -2.12. The van der Waals surface area contributed by atoms with Gasteiger partial charge >= 0.3 is 12.1 Å². The quantitative estimate of drug-likeness (QED) is 0.400. The Labute approximate surface area is 197 Å². The summed E-state index contributed by atoms with van der Waals surface area (Å²) in [4.78, 5) is 24.6. The number of carbonyl (C=O) groups excluding carboxylic acids is 2. The van der Waals surface area contributed by atoms with E-state index in [4.69, 9.17) is 14.2 Å². The van der Waals surface area contributed by atoms with E-state index in [9.17, 15) is 9.59 Å². The van der Waals surface area contributed by atoms with E-state index >= 15 is 0 Å². The first-order chi connectivity index (χ1) is 15.8. The highest BCUT2D eigenvalue weighted by Crippen LogP contribution is 2.33. The molecule has 0 aromatic heterocycles. The van der Waals surface area contributed by atoms with Crippen LogP contribution in [0.3, 0.4) is 0 Å². The zero-order chi connectivity index (χ0) is 23.7. The highest BCUT2D eigenvalue weighted by atomic mass is 16.6. The molecule has 1 aliphatic carbocycles. The second kappa shape index (κ2) is 11.8. The van der Waals surface area contributed by atoms with Crippen LogP contribution in [0.2, 0.25) is 0 Å². The van der Waals surface area contributed by atoms with Crippen LogP contribution in [0, 0.1) is 0 Å². The van der Waals surface area contributed by atoms with Crippen molar-refractivity contribution in [2.24, 2.45) is 0 Å². The van der Waals surface area contributed by atoms with Crippen LogP contribution in [-0.2, 0) is 19.0 Å². The fourth-order valence-electron chi connectivity index (χ4n) is 4.66. The highest BCUT2D eigenvalue weighted by Gasteiger charge is 2.45. The van der Waals surface area contributed by atoms with Crippen molar-refractivity contribution in [2.75, 3.05) is 26.3 Å². The molecule has 1 aromatic carbocycles. The molecule has 33 heavy (non-hydrogen) atoms. The lowest BCUT2D eigenvalue weighted by Crippen LogP contribution is -2.60. The second-order valence-electron chi connectivity index (χ2n) is 10.2. The van der Waals surface area contributed by atoms with Crippen LogP contribution in [-0.4, -0.2) is 55.6 Å². The van der Waals surface area contributed by atoms with Gasteiger partial charge in [0, 0.05) is 13.0 Å². The van der Waals surface area contributed by atoms with Gasteiger partial charge in [-0.3, -0.25) is 0 Å². The SMILES string of the molecule is CC(C)(C)OC(=O)C1(CCCNCCOC2CCC(c3ccccc3)CC2)CCOC(=O)N1. The van der Waals surface area contributed by atoms with Crippen molar-refractivity contribution < 1.29 is 23.8 Å². The molecule has 0 spiro atoms. The van der Waals surface area contributed by atoms with E-state index in [-0.39, 0.29) is 12.6 Å². The largest absolute Gasteiger partial charge is 0.458 e. The number of benzene rings is 1.